The molecule has 0 unspecified atom stereocenters. The molecule has 2 aromatic carbocycles. The summed E-state index contributed by atoms with van der Waals surface area (Å²) >= 11 is 0. The molecule has 0 saturated carbocycles. The summed E-state index contributed by atoms with van der Waals surface area (Å²) < 4.78 is 4.89. The van der Waals surface area contributed by atoms with Crippen LogP contribution < -0.4 is 10.5 Å². The third-order valence-electron chi connectivity index (χ3n) is 2.67. The fraction of sp³-hybridized carbons (Fsp3) is 0. The van der Waals surface area contributed by atoms with E-state index in [9.17, 15) is 19.8 Å². The zero-order chi connectivity index (χ0) is 15.6. The minimum atomic E-state index is -1.36. The molecule has 0 aliphatic carbocycles. The SMILES string of the molecule is Nc1ccc(C(=O)Oc2cccc(C(=O)O)c2O)c(O)c1. The molecule has 0 aliphatic heterocycles. The van der Waals surface area contributed by atoms with Crippen LogP contribution in [0.15, 0.2) is 36.4 Å². The van der Waals surface area contributed by atoms with Crippen LogP contribution in [-0.4, -0.2) is 27.3 Å². The standard InChI is InChI=1S/C14H11NO6/c15-7-4-5-8(10(16)6-7)14(20)21-11-3-1-2-9(12(11)17)13(18)19/h1-6,16-17H,15H2,(H,18,19). The number of ether oxygens (including phenoxy) is 1. The maximum absolute atomic E-state index is 11.9. The van der Waals surface area contributed by atoms with Gasteiger partial charge in [0.25, 0.3) is 0 Å². The van der Waals surface area contributed by atoms with Crippen molar-refractivity contribution in [2.24, 2.45) is 0 Å². The Labute approximate surface area is 118 Å². The summed E-state index contributed by atoms with van der Waals surface area (Å²) in [5.74, 6) is -3.69. The van der Waals surface area contributed by atoms with E-state index in [0.717, 1.165) is 6.07 Å². The number of nitrogen functional groups attached to an aromatic ring is 1. The van der Waals surface area contributed by atoms with Crippen LogP contribution >= 0.6 is 0 Å². The van der Waals surface area contributed by atoms with E-state index in [1.807, 2.05) is 0 Å². The minimum Gasteiger partial charge on any atom is -0.507 e. The molecule has 2 rings (SSSR count). The number of carbonyl (C=O) groups excluding carboxylic acids is 1. The van der Waals surface area contributed by atoms with Gasteiger partial charge in [-0.3, -0.25) is 0 Å². The fourth-order valence-electron chi connectivity index (χ4n) is 1.65. The quantitative estimate of drug-likeness (QED) is 0.383. The molecular formula is C14H11NO6. The predicted molar refractivity (Wildman–Crippen MR) is 72.5 cm³/mol. The summed E-state index contributed by atoms with van der Waals surface area (Å²) in [6.45, 7) is 0. The molecule has 21 heavy (non-hydrogen) atoms. The number of rotatable bonds is 3. The number of phenolic OH excluding ortho intramolecular Hbond substituents is 1. The van der Waals surface area contributed by atoms with E-state index < -0.39 is 23.3 Å². The van der Waals surface area contributed by atoms with Crippen molar-refractivity contribution in [3.63, 3.8) is 0 Å². The summed E-state index contributed by atoms with van der Waals surface area (Å²) in [4.78, 5) is 22.8. The Bertz CT molecular complexity index is 725. The first-order valence-electron chi connectivity index (χ1n) is 5.76. The zero-order valence-electron chi connectivity index (χ0n) is 10.6. The highest BCUT2D eigenvalue weighted by molar-refractivity contribution is 5.96. The summed E-state index contributed by atoms with van der Waals surface area (Å²) in [7, 11) is 0. The van der Waals surface area contributed by atoms with Crippen LogP contribution in [0.3, 0.4) is 0 Å². The van der Waals surface area contributed by atoms with Gasteiger partial charge in [0.15, 0.2) is 11.5 Å². The number of para-hydroxylation sites is 1. The summed E-state index contributed by atoms with van der Waals surface area (Å²) in [5, 5.41) is 28.2. The first kappa shape index (κ1) is 14.2. The molecule has 108 valence electrons. The number of carboxylic acid groups (broad SMARTS) is 1. The number of carboxylic acids is 1. The van der Waals surface area contributed by atoms with Gasteiger partial charge in [-0.15, -0.1) is 0 Å². The van der Waals surface area contributed by atoms with Crippen LogP contribution in [0, 0.1) is 0 Å². The number of phenols is 2. The second-order valence-corrected chi connectivity index (χ2v) is 4.12. The van der Waals surface area contributed by atoms with Crippen LogP contribution in [0.25, 0.3) is 0 Å². The highest BCUT2D eigenvalue weighted by Gasteiger charge is 2.19. The molecule has 7 heteroatoms. The zero-order valence-corrected chi connectivity index (χ0v) is 10.6. The summed E-state index contributed by atoms with van der Waals surface area (Å²) in [6.07, 6.45) is 0. The Morgan fingerprint density at radius 1 is 1.05 bits per heavy atom. The number of hydrogen-bond donors (Lipinski definition) is 4. The molecule has 2 aromatic rings. The van der Waals surface area contributed by atoms with Crippen molar-refractivity contribution in [1.29, 1.82) is 0 Å². The number of nitrogens with two attached hydrogens (primary N) is 1. The number of hydrogen-bond acceptors (Lipinski definition) is 6. The summed E-state index contributed by atoms with van der Waals surface area (Å²) in [6, 6.07) is 7.53. The normalized spacial score (nSPS) is 10.1. The second-order valence-electron chi connectivity index (χ2n) is 4.12. The molecule has 7 nitrogen and oxygen atoms in total. The number of aromatic carboxylic acids is 1. The highest BCUT2D eigenvalue weighted by atomic mass is 16.5. The average Bonchev–Trinajstić information content (AvgIpc) is 2.40. The monoisotopic (exact) mass is 289 g/mol. The van der Waals surface area contributed by atoms with E-state index in [1.165, 1.54) is 30.3 Å². The van der Waals surface area contributed by atoms with Crippen LogP contribution in [0.2, 0.25) is 0 Å². The number of carbonyl (C=O) groups is 2. The van der Waals surface area contributed by atoms with Gasteiger partial charge in [-0.1, -0.05) is 6.07 Å². The molecule has 0 aliphatic rings. The van der Waals surface area contributed by atoms with Gasteiger partial charge in [0.05, 0.1) is 0 Å². The number of esters is 1. The molecule has 0 aromatic heterocycles. The van der Waals surface area contributed by atoms with Crippen molar-refractivity contribution in [3.05, 3.63) is 47.5 Å². The fourth-order valence-corrected chi connectivity index (χ4v) is 1.65. The minimum absolute atomic E-state index is 0.163. The molecule has 0 bridgehead atoms. The van der Waals surface area contributed by atoms with Crippen molar-refractivity contribution < 1.29 is 29.6 Å². The lowest BCUT2D eigenvalue weighted by Gasteiger charge is -2.09. The highest BCUT2D eigenvalue weighted by Crippen LogP contribution is 2.31. The van der Waals surface area contributed by atoms with Crippen molar-refractivity contribution in [2.75, 3.05) is 5.73 Å². The Balaban J connectivity index is 2.32. The molecule has 0 radical (unpaired) electrons. The first-order valence-corrected chi connectivity index (χ1v) is 5.76. The molecule has 0 saturated heterocycles. The smallest absolute Gasteiger partial charge is 0.347 e. The van der Waals surface area contributed by atoms with Gasteiger partial charge in [-0.05, 0) is 24.3 Å². The topological polar surface area (TPSA) is 130 Å². The third-order valence-corrected chi connectivity index (χ3v) is 2.67. The van der Waals surface area contributed by atoms with E-state index >= 15 is 0 Å². The lowest BCUT2D eigenvalue weighted by Crippen LogP contribution is -2.10. The molecule has 0 amide bonds. The number of aromatic hydroxyl groups is 2. The number of benzene rings is 2. The first-order chi connectivity index (χ1) is 9.90. The Kier molecular flexibility index (Phi) is 3.66. The van der Waals surface area contributed by atoms with Gasteiger partial charge < -0.3 is 25.8 Å². The Morgan fingerprint density at radius 2 is 1.76 bits per heavy atom. The van der Waals surface area contributed by atoms with Crippen molar-refractivity contribution in [2.45, 2.75) is 0 Å². The van der Waals surface area contributed by atoms with E-state index in [2.05, 4.69) is 0 Å². The van der Waals surface area contributed by atoms with Gasteiger partial charge in [-0.25, -0.2) is 9.59 Å². The molecule has 0 atom stereocenters. The van der Waals surface area contributed by atoms with Crippen molar-refractivity contribution in [1.82, 2.24) is 0 Å². The molecule has 0 spiro atoms. The van der Waals surface area contributed by atoms with Crippen LogP contribution in [0.1, 0.15) is 20.7 Å². The lowest BCUT2D eigenvalue weighted by molar-refractivity contribution is 0.0680. The lowest BCUT2D eigenvalue weighted by atomic mass is 10.1. The van der Waals surface area contributed by atoms with E-state index in [4.69, 9.17) is 15.6 Å². The van der Waals surface area contributed by atoms with Crippen LogP contribution in [0.4, 0.5) is 5.69 Å². The third kappa shape index (κ3) is 2.86. The van der Waals surface area contributed by atoms with E-state index in [-0.39, 0.29) is 22.7 Å². The predicted octanol–water partition coefficient (Wildman–Crippen LogP) is 1.60. The second kappa shape index (κ2) is 5.41. The van der Waals surface area contributed by atoms with E-state index in [1.54, 1.807) is 0 Å². The van der Waals surface area contributed by atoms with Gasteiger partial charge in [-0.2, -0.15) is 0 Å². The van der Waals surface area contributed by atoms with Gasteiger partial charge in [0.1, 0.15) is 16.9 Å². The molecule has 0 fully saturated rings. The van der Waals surface area contributed by atoms with Crippen molar-refractivity contribution in [3.8, 4) is 17.2 Å². The Hall–Kier alpha value is -3.22. The number of anilines is 1. The largest absolute Gasteiger partial charge is 0.507 e. The molecule has 0 heterocycles. The van der Waals surface area contributed by atoms with Crippen LogP contribution in [0.5, 0.6) is 17.2 Å². The van der Waals surface area contributed by atoms with Crippen molar-refractivity contribution >= 4 is 17.6 Å². The Morgan fingerprint density at radius 3 is 2.38 bits per heavy atom. The molecule has 5 N–H and O–H groups in total. The molecular weight excluding hydrogens is 278 g/mol. The average molecular weight is 289 g/mol. The summed E-state index contributed by atoms with van der Waals surface area (Å²) in [5.41, 5.74) is 5.14. The van der Waals surface area contributed by atoms with E-state index in [0.29, 0.717) is 0 Å². The van der Waals surface area contributed by atoms with Gasteiger partial charge in [0.2, 0.25) is 0 Å². The maximum Gasteiger partial charge on any atom is 0.347 e. The van der Waals surface area contributed by atoms with Crippen LogP contribution in [-0.2, 0) is 0 Å². The van der Waals surface area contributed by atoms with Gasteiger partial charge in [0, 0.05) is 11.8 Å². The maximum atomic E-state index is 11.9. The van der Waals surface area contributed by atoms with Gasteiger partial charge >= 0.3 is 11.9 Å².